The van der Waals surface area contributed by atoms with E-state index in [0.29, 0.717) is 30.4 Å². The summed E-state index contributed by atoms with van der Waals surface area (Å²) in [6, 6.07) is 16.7. The molecular formula is C21H20N4O3. The van der Waals surface area contributed by atoms with Gasteiger partial charge in [0, 0.05) is 13.1 Å². The number of rotatable bonds is 5. The van der Waals surface area contributed by atoms with Crippen LogP contribution < -0.4 is 15.0 Å². The van der Waals surface area contributed by atoms with Gasteiger partial charge in [0.25, 0.3) is 5.91 Å². The molecule has 2 aromatic carbocycles. The summed E-state index contributed by atoms with van der Waals surface area (Å²) in [4.78, 5) is 23.3. The Kier molecular flexibility index (Phi) is 5.44. The molecule has 1 aromatic heterocycles. The second kappa shape index (κ2) is 8.49. The number of carbonyl (C=O) groups is 1. The van der Waals surface area contributed by atoms with Crippen molar-refractivity contribution in [2.75, 3.05) is 36.5 Å². The Morgan fingerprint density at radius 2 is 1.71 bits per heavy atom. The van der Waals surface area contributed by atoms with E-state index in [-0.39, 0.29) is 11.6 Å². The summed E-state index contributed by atoms with van der Waals surface area (Å²) in [5, 5.41) is 2.85. The van der Waals surface area contributed by atoms with Crippen molar-refractivity contribution in [1.82, 2.24) is 9.97 Å². The van der Waals surface area contributed by atoms with Crippen molar-refractivity contribution in [1.29, 1.82) is 0 Å². The molecule has 2 heterocycles. The summed E-state index contributed by atoms with van der Waals surface area (Å²) in [6.07, 6.45) is 3.10. The van der Waals surface area contributed by atoms with Crippen molar-refractivity contribution in [2.24, 2.45) is 0 Å². The Bertz CT molecular complexity index is 926. The number of benzene rings is 2. The Labute approximate surface area is 163 Å². The van der Waals surface area contributed by atoms with Gasteiger partial charge in [0.1, 0.15) is 17.3 Å². The van der Waals surface area contributed by atoms with Crippen molar-refractivity contribution in [3.63, 3.8) is 0 Å². The standard InChI is InChI=1S/C21H20N4O3/c26-21(18-14-23-20(15-22-18)25-10-12-27-13-11-25)24-17-8-4-5-9-19(17)28-16-6-2-1-3-7-16/h1-9,14-15H,10-13H2,(H,24,26). The minimum atomic E-state index is -0.342. The fourth-order valence-electron chi connectivity index (χ4n) is 2.85. The lowest BCUT2D eigenvalue weighted by molar-refractivity contribution is 0.102. The molecule has 0 unspecified atom stereocenters. The molecule has 4 rings (SSSR count). The number of aromatic nitrogens is 2. The molecule has 1 aliphatic rings. The van der Waals surface area contributed by atoms with Crippen molar-refractivity contribution in [3.8, 4) is 11.5 Å². The van der Waals surface area contributed by atoms with Crippen molar-refractivity contribution < 1.29 is 14.3 Å². The van der Waals surface area contributed by atoms with Gasteiger partial charge >= 0.3 is 0 Å². The molecule has 0 spiro atoms. The number of nitrogens with zero attached hydrogens (tertiary/aromatic N) is 3. The zero-order valence-electron chi connectivity index (χ0n) is 15.2. The Morgan fingerprint density at radius 1 is 0.964 bits per heavy atom. The molecule has 0 bridgehead atoms. The Hall–Kier alpha value is -3.45. The lowest BCUT2D eigenvalue weighted by atomic mass is 10.2. The van der Waals surface area contributed by atoms with Crippen LogP contribution in [0.5, 0.6) is 11.5 Å². The number of ether oxygens (including phenoxy) is 2. The first-order valence-electron chi connectivity index (χ1n) is 9.07. The van der Waals surface area contributed by atoms with Gasteiger partial charge in [-0.2, -0.15) is 0 Å². The first-order chi connectivity index (χ1) is 13.8. The largest absolute Gasteiger partial charge is 0.455 e. The lowest BCUT2D eigenvalue weighted by Gasteiger charge is -2.27. The smallest absolute Gasteiger partial charge is 0.275 e. The first-order valence-corrected chi connectivity index (χ1v) is 9.07. The molecule has 0 radical (unpaired) electrons. The maximum absolute atomic E-state index is 12.6. The normalized spacial score (nSPS) is 13.8. The molecule has 1 fully saturated rings. The zero-order valence-corrected chi connectivity index (χ0v) is 15.2. The third kappa shape index (κ3) is 4.27. The second-order valence-corrected chi connectivity index (χ2v) is 6.22. The van der Waals surface area contributed by atoms with Gasteiger partial charge < -0.3 is 19.7 Å². The maximum atomic E-state index is 12.6. The minimum Gasteiger partial charge on any atom is -0.455 e. The van der Waals surface area contributed by atoms with Gasteiger partial charge in [-0.15, -0.1) is 0 Å². The fraction of sp³-hybridized carbons (Fsp3) is 0.190. The number of hydrogen-bond donors (Lipinski definition) is 1. The van der Waals surface area contributed by atoms with E-state index < -0.39 is 0 Å². The van der Waals surface area contributed by atoms with E-state index in [4.69, 9.17) is 9.47 Å². The summed E-state index contributed by atoms with van der Waals surface area (Å²) in [5.41, 5.74) is 0.807. The van der Waals surface area contributed by atoms with Crippen LogP contribution in [-0.2, 0) is 4.74 Å². The monoisotopic (exact) mass is 376 g/mol. The molecule has 1 N–H and O–H groups in total. The van der Waals surface area contributed by atoms with Crippen LogP contribution in [0.1, 0.15) is 10.5 Å². The van der Waals surface area contributed by atoms with Gasteiger partial charge in [-0.05, 0) is 24.3 Å². The minimum absolute atomic E-state index is 0.242. The van der Waals surface area contributed by atoms with Crippen molar-refractivity contribution >= 4 is 17.4 Å². The number of nitrogens with one attached hydrogen (secondary N) is 1. The van der Waals surface area contributed by atoms with Gasteiger partial charge in [-0.3, -0.25) is 4.79 Å². The molecule has 0 aliphatic carbocycles. The number of amides is 1. The zero-order chi connectivity index (χ0) is 19.2. The average molecular weight is 376 g/mol. The highest BCUT2D eigenvalue weighted by molar-refractivity contribution is 6.03. The molecular weight excluding hydrogens is 356 g/mol. The topological polar surface area (TPSA) is 76.6 Å². The number of carbonyl (C=O) groups excluding carboxylic acids is 1. The van der Waals surface area contributed by atoms with Crippen LogP contribution in [0.25, 0.3) is 0 Å². The van der Waals surface area contributed by atoms with E-state index in [1.54, 1.807) is 18.3 Å². The third-order valence-electron chi connectivity index (χ3n) is 4.31. The summed E-state index contributed by atoms with van der Waals surface area (Å²) in [6.45, 7) is 2.87. The predicted octanol–water partition coefficient (Wildman–Crippen LogP) is 3.36. The number of anilines is 2. The van der Waals surface area contributed by atoms with Crippen molar-refractivity contribution in [3.05, 3.63) is 72.7 Å². The van der Waals surface area contributed by atoms with E-state index >= 15 is 0 Å². The van der Waals surface area contributed by atoms with Crippen LogP contribution in [0.4, 0.5) is 11.5 Å². The van der Waals surface area contributed by atoms with Crippen LogP contribution in [0, 0.1) is 0 Å². The highest BCUT2D eigenvalue weighted by atomic mass is 16.5. The van der Waals surface area contributed by atoms with Gasteiger partial charge in [0.15, 0.2) is 5.75 Å². The van der Waals surface area contributed by atoms with Crippen LogP contribution in [0.15, 0.2) is 67.0 Å². The molecule has 1 amide bonds. The summed E-state index contributed by atoms with van der Waals surface area (Å²) in [7, 11) is 0. The fourth-order valence-corrected chi connectivity index (χ4v) is 2.85. The Morgan fingerprint density at radius 3 is 2.46 bits per heavy atom. The average Bonchev–Trinajstić information content (AvgIpc) is 2.76. The number of para-hydroxylation sites is 3. The molecule has 3 aromatic rings. The van der Waals surface area contributed by atoms with E-state index in [0.717, 1.165) is 18.9 Å². The molecule has 0 atom stereocenters. The van der Waals surface area contributed by atoms with Crippen LogP contribution in [-0.4, -0.2) is 42.2 Å². The summed E-state index contributed by atoms with van der Waals surface area (Å²) < 4.78 is 11.2. The molecule has 142 valence electrons. The summed E-state index contributed by atoms with van der Waals surface area (Å²) >= 11 is 0. The van der Waals surface area contributed by atoms with Gasteiger partial charge in [0.2, 0.25) is 0 Å². The molecule has 0 saturated carbocycles. The quantitative estimate of drug-likeness (QED) is 0.736. The lowest BCUT2D eigenvalue weighted by Crippen LogP contribution is -2.36. The molecule has 1 aliphatic heterocycles. The first kappa shape index (κ1) is 17.9. The molecule has 7 nitrogen and oxygen atoms in total. The highest BCUT2D eigenvalue weighted by Gasteiger charge is 2.15. The van der Waals surface area contributed by atoms with Crippen LogP contribution in [0.3, 0.4) is 0 Å². The van der Waals surface area contributed by atoms with E-state index in [2.05, 4.69) is 20.2 Å². The van der Waals surface area contributed by atoms with E-state index in [9.17, 15) is 4.79 Å². The van der Waals surface area contributed by atoms with Crippen LogP contribution >= 0.6 is 0 Å². The molecule has 28 heavy (non-hydrogen) atoms. The summed E-state index contributed by atoms with van der Waals surface area (Å²) in [5.74, 6) is 1.65. The number of hydrogen-bond acceptors (Lipinski definition) is 6. The van der Waals surface area contributed by atoms with Gasteiger partial charge in [0.05, 0.1) is 31.3 Å². The van der Waals surface area contributed by atoms with Gasteiger partial charge in [-0.25, -0.2) is 9.97 Å². The van der Waals surface area contributed by atoms with E-state index in [1.165, 1.54) is 6.20 Å². The van der Waals surface area contributed by atoms with E-state index in [1.807, 2.05) is 42.5 Å². The highest BCUT2D eigenvalue weighted by Crippen LogP contribution is 2.29. The predicted molar refractivity (Wildman–Crippen MR) is 106 cm³/mol. The second-order valence-electron chi connectivity index (χ2n) is 6.22. The third-order valence-corrected chi connectivity index (χ3v) is 4.31. The van der Waals surface area contributed by atoms with Crippen LogP contribution in [0.2, 0.25) is 0 Å². The van der Waals surface area contributed by atoms with Gasteiger partial charge in [-0.1, -0.05) is 30.3 Å². The molecule has 7 heteroatoms. The SMILES string of the molecule is O=C(Nc1ccccc1Oc1ccccc1)c1cnc(N2CCOCC2)cn1. The van der Waals surface area contributed by atoms with Crippen molar-refractivity contribution in [2.45, 2.75) is 0 Å². The molecule has 1 saturated heterocycles. The Balaban J connectivity index is 1.46. The number of morpholine rings is 1. The maximum Gasteiger partial charge on any atom is 0.275 e.